The van der Waals surface area contributed by atoms with Crippen LogP contribution in [0, 0.1) is 0 Å². The third kappa shape index (κ3) is 4.24. The number of nitrogens with zero attached hydrogens (tertiary/aromatic N) is 2. The third-order valence-electron chi connectivity index (χ3n) is 4.39. The van der Waals surface area contributed by atoms with Gasteiger partial charge >= 0.3 is 0 Å². The lowest BCUT2D eigenvalue weighted by atomic mass is 10.1. The first kappa shape index (κ1) is 15.8. The molecule has 1 N–H and O–H groups in total. The summed E-state index contributed by atoms with van der Waals surface area (Å²) in [6, 6.07) is 16.0. The molecule has 4 heteroatoms. The van der Waals surface area contributed by atoms with Gasteiger partial charge in [0.05, 0.1) is 7.11 Å². The Balaban J connectivity index is 1.53. The normalized spacial score (nSPS) is 16.4. The average Bonchev–Trinajstić information content (AvgIpc) is 2.59. The maximum atomic E-state index is 10.0. The van der Waals surface area contributed by atoms with Gasteiger partial charge in [-0.3, -0.25) is 9.80 Å². The smallest absolute Gasteiger partial charge is 0.120 e. The van der Waals surface area contributed by atoms with Crippen molar-refractivity contribution in [3.8, 4) is 11.5 Å². The monoisotopic (exact) mass is 312 g/mol. The first-order chi connectivity index (χ1) is 11.2. The van der Waals surface area contributed by atoms with Gasteiger partial charge in [0, 0.05) is 44.8 Å². The van der Waals surface area contributed by atoms with Crippen molar-refractivity contribution >= 4 is 0 Å². The van der Waals surface area contributed by atoms with Gasteiger partial charge in [0.25, 0.3) is 0 Å². The van der Waals surface area contributed by atoms with Crippen LogP contribution in [-0.2, 0) is 13.1 Å². The van der Waals surface area contributed by atoms with E-state index < -0.39 is 0 Å². The van der Waals surface area contributed by atoms with Gasteiger partial charge in [0.1, 0.15) is 11.5 Å². The summed E-state index contributed by atoms with van der Waals surface area (Å²) >= 11 is 0. The van der Waals surface area contributed by atoms with Crippen LogP contribution in [0.3, 0.4) is 0 Å². The van der Waals surface area contributed by atoms with Crippen LogP contribution in [0.1, 0.15) is 11.1 Å². The fourth-order valence-corrected chi connectivity index (χ4v) is 3.00. The van der Waals surface area contributed by atoms with Gasteiger partial charge in [-0.25, -0.2) is 0 Å². The summed E-state index contributed by atoms with van der Waals surface area (Å²) in [5.74, 6) is 1.14. The zero-order chi connectivity index (χ0) is 16.1. The fourth-order valence-electron chi connectivity index (χ4n) is 3.00. The summed E-state index contributed by atoms with van der Waals surface area (Å²) < 4.78 is 5.24. The van der Waals surface area contributed by atoms with E-state index in [2.05, 4.69) is 40.1 Å². The largest absolute Gasteiger partial charge is 0.508 e. The van der Waals surface area contributed by atoms with E-state index in [4.69, 9.17) is 4.74 Å². The third-order valence-corrected chi connectivity index (χ3v) is 4.39. The van der Waals surface area contributed by atoms with Crippen LogP contribution in [0.2, 0.25) is 0 Å². The Morgan fingerprint density at radius 1 is 0.913 bits per heavy atom. The minimum Gasteiger partial charge on any atom is -0.508 e. The Labute approximate surface area is 137 Å². The highest BCUT2D eigenvalue weighted by Gasteiger charge is 2.18. The molecule has 23 heavy (non-hydrogen) atoms. The van der Waals surface area contributed by atoms with Gasteiger partial charge in [-0.15, -0.1) is 0 Å². The highest BCUT2D eigenvalue weighted by atomic mass is 16.5. The molecule has 0 saturated carbocycles. The number of methoxy groups -OCH3 is 1. The summed E-state index contributed by atoms with van der Waals surface area (Å²) in [4.78, 5) is 4.87. The average molecular weight is 312 g/mol. The van der Waals surface area contributed by atoms with Gasteiger partial charge in [-0.1, -0.05) is 30.3 Å². The van der Waals surface area contributed by atoms with Crippen LogP contribution in [0.25, 0.3) is 0 Å². The van der Waals surface area contributed by atoms with E-state index >= 15 is 0 Å². The van der Waals surface area contributed by atoms with E-state index in [0.717, 1.165) is 50.6 Å². The van der Waals surface area contributed by atoms with E-state index in [9.17, 15) is 5.11 Å². The van der Waals surface area contributed by atoms with Gasteiger partial charge in [0.15, 0.2) is 0 Å². The van der Waals surface area contributed by atoms with Crippen molar-refractivity contribution in [2.45, 2.75) is 13.1 Å². The quantitative estimate of drug-likeness (QED) is 0.921. The van der Waals surface area contributed by atoms with Crippen LogP contribution in [-0.4, -0.2) is 48.2 Å². The van der Waals surface area contributed by atoms with Crippen molar-refractivity contribution in [1.82, 2.24) is 9.80 Å². The molecule has 1 fully saturated rings. The zero-order valence-electron chi connectivity index (χ0n) is 13.6. The number of hydrogen-bond acceptors (Lipinski definition) is 4. The van der Waals surface area contributed by atoms with Crippen molar-refractivity contribution in [2.24, 2.45) is 0 Å². The van der Waals surface area contributed by atoms with Crippen molar-refractivity contribution in [2.75, 3.05) is 33.3 Å². The predicted octanol–water partition coefficient (Wildman–Crippen LogP) is 2.72. The number of rotatable bonds is 5. The number of benzene rings is 2. The topological polar surface area (TPSA) is 35.9 Å². The molecule has 1 heterocycles. The molecule has 1 aliphatic heterocycles. The summed E-state index contributed by atoms with van der Waals surface area (Å²) in [6.07, 6.45) is 0. The second kappa shape index (κ2) is 7.49. The second-order valence-electron chi connectivity index (χ2n) is 6.03. The second-order valence-corrected chi connectivity index (χ2v) is 6.03. The molecule has 1 saturated heterocycles. The Morgan fingerprint density at radius 2 is 1.57 bits per heavy atom. The van der Waals surface area contributed by atoms with Crippen LogP contribution >= 0.6 is 0 Å². The van der Waals surface area contributed by atoms with Crippen molar-refractivity contribution in [3.05, 3.63) is 59.7 Å². The standard InChI is InChI=1S/C19H24N2O2/c1-23-18-7-8-19(22)17(13-18)15-21-11-9-20(10-12-21)14-16-5-3-2-4-6-16/h2-8,13,22H,9-12,14-15H2,1H3. The molecule has 0 unspecified atom stereocenters. The van der Waals surface area contributed by atoms with E-state index in [-0.39, 0.29) is 0 Å². The van der Waals surface area contributed by atoms with Gasteiger partial charge < -0.3 is 9.84 Å². The van der Waals surface area contributed by atoms with Crippen LogP contribution < -0.4 is 4.74 Å². The van der Waals surface area contributed by atoms with Crippen molar-refractivity contribution in [3.63, 3.8) is 0 Å². The molecule has 0 aliphatic carbocycles. The minimum atomic E-state index is 0.345. The highest BCUT2D eigenvalue weighted by molar-refractivity contribution is 5.39. The highest BCUT2D eigenvalue weighted by Crippen LogP contribution is 2.24. The fraction of sp³-hybridized carbons (Fsp3) is 0.368. The van der Waals surface area contributed by atoms with E-state index in [1.54, 1.807) is 19.2 Å². The molecule has 0 aromatic heterocycles. The molecule has 0 radical (unpaired) electrons. The van der Waals surface area contributed by atoms with E-state index in [1.807, 2.05) is 6.07 Å². The van der Waals surface area contributed by atoms with E-state index in [0.29, 0.717) is 5.75 Å². The van der Waals surface area contributed by atoms with Crippen LogP contribution in [0.15, 0.2) is 48.5 Å². The SMILES string of the molecule is COc1ccc(O)c(CN2CCN(Cc3ccccc3)CC2)c1. The number of phenolic OH excluding ortho intramolecular Hbond substituents is 1. The van der Waals surface area contributed by atoms with Crippen molar-refractivity contribution < 1.29 is 9.84 Å². The van der Waals surface area contributed by atoms with Crippen molar-refractivity contribution in [1.29, 1.82) is 0 Å². The molecular formula is C19H24N2O2. The maximum absolute atomic E-state index is 10.0. The molecule has 0 atom stereocenters. The summed E-state index contributed by atoms with van der Waals surface area (Å²) in [6.45, 7) is 5.92. The number of piperazine rings is 1. The van der Waals surface area contributed by atoms with Gasteiger partial charge in [-0.2, -0.15) is 0 Å². The number of aromatic hydroxyl groups is 1. The summed E-state index contributed by atoms with van der Waals surface area (Å²) in [5, 5.41) is 10.0. The number of phenols is 1. The molecule has 0 bridgehead atoms. The molecule has 1 aliphatic rings. The van der Waals surface area contributed by atoms with Gasteiger partial charge in [-0.05, 0) is 23.8 Å². The minimum absolute atomic E-state index is 0.345. The lowest BCUT2D eigenvalue weighted by Gasteiger charge is -2.34. The zero-order valence-corrected chi connectivity index (χ0v) is 13.6. The lowest BCUT2D eigenvalue weighted by Crippen LogP contribution is -2.45. The van der Waals surface area contributed by atoms with Gasteiger partial charge in [0.2, 0.25) is 0 Å². The van der Waals surface area contributed by atoms with Crippen LogP contribution in [0.4, 0.5) is 0 Å². The molecule has 2 aromatic carbocycles. The Kier molecular flexibility index (Phi) is 5.16. The molecular weight excluding hydrogens is 288 g/mol. The Morgan fingerprint density at radius 3 is 2.22 bits per heavy atom. The Hall–Kier alpha value is -2.04. The molecule has 4 nitrogen and oxygen atoms in total. The Bertz CT molecular complexity index is 623. The first-order valence-corrected chi connectivity index (χ1v) is 8.09. The number of ether oxygens (including phenoxy) is 1. The molecule has 2 aromatic rings. The molecule has 3 rings (SSSR count). The van der Waals surface area contributed by atoms with E-state index in [1.165, 1.54) is 5.56 Å². The number of hydrogen-bond donors (Lipinski definition) is 1. The summed E-state index contributed by atoms with van der Waals surface area (Å²) in [5.41, 5.74) is 2.30. The lowest BCUT2D eigenvalue weighted by molar-refractivity contribution is 0.121. The maximum Gasteiger partial charge on any atom is 0.120 e. The molecule has 0 amide bonds. The molecule has 0 spiro atoms. The van der Waals surface area contributed by atoms with Crippen LogP contribution in [0.5, 0.6) is 11.5 Å². The first-order valence-electron chi connectivity index (χ1n) is 8.09. The summed E-state index contributed by atoms with van der Waals surface area (Å²) in [7, 11) is 1.65. The predicted molar refractivity (Wildman–Crippen MR) is 91.7 cm³/mol. The molecule has 122 valence electrons.